The average Bonchev–Trinajstić information content (AvgIpc) is 2.69. The SMILES string of the molecule is CCNC(=O)[C@H](C)N(Cc1c(Cl)cccc1Cl)C(=O)CN(c1cc(Cl)cc(Cl)c1)S(C)(=O)=O. The number of likely N-dealkylation sites (N-methyl/N-ethyl adjacent to an activating group) is 1. The molecule has 33 heavy (non-hydrogen) atoms. The first-order valence-electron chi connectivity index (χ1n) is 9.79. The van der Waals surface area contributed by atoms with Crippen molar-refractivity contribution in [1.29, 1.82) is 0 Å². The maximum atomic E-state index is 13.4. The predicted octanol–water partition coefficient (Wildman–Crippen LogP) is 4.62. The fourth-order valence-corrected chi connectivity index (χ4v) is 4.92. The molecule has 0 bridgehead atoms. The van der Waals surface area contributed by atoms with Crippen molar-refractivity contribution in [3.8, 4) is 0 Å². The molecule has 0 saturated carbocycles. The normalized spacial score (nSPS) is 12.2. The first-order chi connectivity index (χ1) is 15.3. The van der Waals surface area contributed by atoms with Crippen LogP contribution in [0.15, 0.2) is 36.4 Å². The molecular weight excluding hydrogens is 532 g/mol. The Morgan fingerprint density at radius 1 is 1.03 bits per heavy atom. The second-order valence-electron chi connectivity index (χ2n) is 7.19. The summed E-state index contributed by atoms with van der Waals surface area (Å²) < 4.78 is 25.9. The zero-order valence-electron chi connectivity index (χ0n) is 18.1. The van der Waals surface area contributed by atoms with Crippen LogP contribution in [0.5, 0.6) is 0 Å². The summed E-state index contributed by atoms with van der Waals surface area (Å²) in [6.07, 6.45) is 0.956. The quantitative estimate of drug-likeness (QED) is 0.490. The van der Waals surface area contributed by atoms with Crippen LogP contribution in [-0.4, -0.2) is 50.5 Å². The highest BCUT2D eigenvalue weighted by molar-refractivity contribution is 7.92. The van der Waals surface area contributed by atoms with Crippen LogP contribution in [0.25, 0.3) is 0 Å². The molecule has 12 heteroatoms. The lowest BCUT2D eigenvalue weighted by atomic mass is 10.1. The Morgan fingerprint density at radius 3 is 2.06 bits per heavy atom. The number of rotatable bonds is 9. The highest BCUT2D eigenvalue weighted by atomic mass is 35.5. The van der Waals surface area contributed by atoms with E-state index in [1.165, 1.54) is 30.0 Å². The van der Waals surface area contributed by atoms with Gasteiger partial charge >= 0.3 is 0 Å². The van der Waals surface area contributed by atoms with E-state index >= 15 is 0 Å². The summed E-state index contributed by atoms with van der Waals surface area (Å²) in [6, 6.07) is 8.14. The summed E-state index contributed by atoms with van der Waals surface area (Å²) in [4.78, 5) is 27.2. The van der Waals surface area contributed by atoms with E-state index in [1.807, 2.05) is 0 Å². The molecule has 0 aliphatic rings. The molecule has 0 saturated heterocycles. The third-order valence-electron chi connectivity index (χ3n) is 4.72. The minimum Gasteiger partial charge on any atom is -0.355 e. The van der Waals surface area contributed by atoms with Crippen molar-refractivity contribution in [2.45, 2.75) is 26.4 Å². The van der Waals surface area contributed by atoms with E-state index in [1.54, 1.807) is 25.1 Å². The van der Waals surface area contributed by atoms with Crippen LogP contribution in [-0.2, 0) is 26.2 Å². The Kier molecular flexibility index (Phi) is 9.70. The Labute approximate surface area is 213 Å². The molecule has 2 rings (SSSR count). The zero-order valence-corrected chi connectivity index (χ0v) is 22.0. The first kappa shape index (κ1) is 27.5. The van der Waals surface area contributed by atoms with Crippen molar-refractivity contribution >= 4 is 73.9 Å². The minimum absolute atomic E-state index is 0.108. The van der Waals surface area contributed by atoms with E-state index in [0.717, 1.165) is 10.6 Å². The molecule has 2 aromatic carbocycles. The number of anilines is 1. The van der Waals surface area contributed by atoms with Crippen molar-refractivity contribution in [3.05, 3.63) is 62.1 Å². The van der Waals surface area contributed by atoms with Gasteiger partial charge in [-0.15, -0.1) is 0 Å². The number of amides is 2. The molecular formula is C21H23Cl4N3O4S. The molecule has 0 radical (unpaired) electrons. The van der Waals surface area contributed by atoms with Gasteiger partial charge in [-0.1, -0.05) is 52.5 Å². The second kappa shape index (κ2) is 11.6. The van der Waals surface area contributed by atoms with Crippen molar-refractivity contribution in [2.75, 3.05) is 23.7 Å². The number of sulfonamides is 1. The molecule has 0 aliphatic carbocycles. The minimum atomic E-state index is -3.91. The molecule has 0 unspecified atom stereocenters. The molecule has 0 aromatic heterocycles. The Hall–Kier alpha value is -1.71. The summed E-state index contributed by atoms with van der Waals surface area (Å²) >= 11 is 24.6. The standard InChI is InChI=1S/C21H23Cl4N3O4S/c1-4-26-21(30)13(2)27(11-17-18(24)6-5-7-19(17)25)20(29)12-28(33(3,31)32)16-9-14(22)8-15(23)10-16/h5-10,13H,4,11-12H2,1-3H3,(H,26,30)/t13-/m0/s1. The zero-order chi connectivity index (χ0) is 24.9. The van der Waals surface area contributed by atoms with Crippen molar-refractivity contribution in [1.82, 2.24) is 10.2 Å². The largest absolute Gasteiger partial charge is 0.355 e. The number of carbonyl (C=O) groups is 2. The molecule has 0 aliphatic heterocycles. The van der Waals surface area contributed by atoms with Gasteiger partial charge in [-0.05, 0) is 44.2 Å². The van der Waals surface area contributed by atoms with Crippen LogP contribution in [0.2, 0.25) is 20.1 Å². The first-order valence-corrected chi connectivity index (χ1v) is 13.1. The molecule has 7 nitrogen and oxygen atoms in total. The molecule has 2 amide bonds. The maximum Gasteiger partial charge on any atom is 0.244 e. The van der Waals surface area contributed by atoms with Gasteiger partial charge in [0, 0.05) is 38.7 Å². The smallest absolute Gasteiger partial charge is 0.244 e. The van der Waals surface area contributed by atoms with Gasteiger partial charge in [0.05, 0.1) is 11.9 Å². The van der Waals surface area contributed by atoms with E-state index in [4.69, 9.17) is 46.4 Å². The lowest BCUT2D eigenvalue weighted by molar-refractivity contribution is -0.139. The summed E-state index contributed by atoms with van der Waals surface area (Å²) in [5.74, 6) is -1.06. The van der Waals surface area contributed by atoms with Gasteiger partial charge in [0.25, 0.3) is 0 Å². The summed E-state index contributed by atoms with van der Waals surface area (Å²) in [7, 11) is -3.91. The number of benzene rings is 2. The van der Waals surface area contributed by atoms with Gasteiger partial charge in [0.1, 0.15) is 12.6 Å². The van der Waals surface area contributed by atoms with E-state index in [0.29, 0.717) is 22.2 Å². The number of hydrogen-bond donors (Lipinski definition) is 1. The fourth-order valence-electron chi connectivity index (χ4n) is 3.06. The molecule has 180 valence electrons. The van der Waals surface area contributed by atoms with Crippen molar-refractivity contribution < 1.29 is 18.0 Å². The van der Waals surface area contributed by atoms with Crippen LogP contribution >= 0.6 is 46.4 Å². The number of hydrogen-bond acceptors (Lipinski definition) is 4. The lowest BCUT2D eigenvalue weighted by Gasteiger charge is -2.32. The van der Waals surface area contributed by atoms with Crippen molar-refractivity contribution in [2.24, 2.45) is 0 Å². The van der Waals surface area contributed by atoms with Gasteiger partial charge < -0.3 is 10.2 Å². The van der Waals surface area contributed by atoms with Gasteiger partial charge in [-0.3, -0.25) is 13.9 Å². The van der Waals surface area contributed by atoms with E-state index in [2.05, 4.69) is 5.32 Å². The highest BCUT2D eigenvalue weighted by Crippen LogP contribution is 2.29. The second-order valence-corrected chi connectivity index (χ2v) is 10.8. The Morgan fingerprint density at radius 2 is 1.58 bits per heavy atom. The molecule has 0 fully saturated rings. The van der Waals surface area contributed by atoms with E-state index < -0.39 is 34.4 Å². The molecule has 0 heterocycles. The predicted molar refractivity (Wildman–Crippen MR) is 134 cm³/mol. The number of halogens is 4. The fraction of sp³-hybridized carbons (Fsp3) is 0.333. The topological polar surface area (TPSA) is 86.8 Å². The lowest BCUT2D eigenvalue weighted by Crippen LogP contribution is -2.51. The van der Waals surface area contributed by atoms with Gasteiger partial charge in [0.15, 0.2) is 0 Å². The monoisotopic (exact) mass is 553 g/mol. The van der Waals surface area contributed by atoms with Crippen LogP contribution in [0.4, 0.5) is 5.69 Å². The third kappa shape index (κ3) is 7.39. The Bertz CT molecular complexity index is 1100. The summed E-state index contributed by atoms with van der Waals surface area (Å²) in [5, 5.41) is 3.69. The van der Waals surface area contributed by atoms with E-state index in [9.17, 15) is 18.0 Å². The number of nitrogens with zero attached hydrogens (tertiary/aromatic N) is 2. The van der Waals surface area contributed by atoms with Crippen LogP contribution in [0.3, 0.4) is 0 Å². The summed E-state index contributed by atoms with van der Waals surface area (Å²) in [6.45, 7) is 2.93. The van der Waals surface area contributed by atoms with Gasteiger partial charge in [-0.25, -0.2) is 8.42 Å². The maximum absolute atomic E-state index is 13.4. The Balaban J connectivity index is 2.48. The molecule has 1 N–H and O–H groups in total. The third-order valence-corrected chi connectivity index (χ3v) is 7.01. The number of carbonyl (C=O) groups excluding carboxylic acids is 2. The van der Waals surface area contributed by atoms with Crippen molar-refractivity contribution in [3.63, 3.8) is 0 Å². The van der Waals surface area contributed by atoms with E-state index in [-0.39, 0.29) is 22.3 Å². The van der Waals surface area contributed by atoms with Crippen LogP contribution in [0, 0.1) is 0 Å². The molecule has 0 spiro atoms. The van der Waals surface area contributed by atoms with Gasteiger partial charge in [-0.2, -0.15) is 0 Å². The summed E-state index contributed by atoms with van der Waals surface area (Å²) in [5.41, 5.74) is 0.548. The van der Waals surface area contributed by atoms with Crippen LogP contribution in [0.1, 0.15) is 19.4 Å². The van der Waals surface area contributed by atoms with Gasteiger partial charge in [0.2, 0.25) is 21.8 Å². The molecule has 1 atom stereocenters. The molecule has 2 aromatic rings. The average molecular weight is 555 g/mol. The number of nitrogens with one attached hydrogen (secondary N) is 1. The highest BCUT2D eigenvalue weighted by Gasteiger charge is 2.31. The van der Waals surface area contributed by atoms with Crippen LogP contribution < -0.4 is 9.62 Å².